The molecule has 0 saturated heterocycles. The Morgan fingerprint density at radius 2 is 1.96 bits per heavy atom. The van der Waals surface area contributed by atoms with Gasteiger partial charge in [-0.2, -0.15) is 0 Å². The second-order valence-corrected chi connectivity index (χ2v) is 5.86. The van der Waals surface area contributed by atoms with Crippen LogP contribution in [0.25, 0.3) is 0 Å². The van der Waals surface area contributed by atoms with E-state index in [0.29, 0.717) is 22.1 Å². The van der Waals surface area contributed by atoms with Crippen molar-refractivity contribution in [3.8, 4) is 0 Å². The topological polar surface area (TPSA) is 117 Å². The smallest absolute Gasteiger partial charge is 0.271 e. The van der Waals surface area contributed by atoms with Gasteiger partial charge in [-0.1, -0.05) is 17.7 Å². The summed E-state index contributed by atoms with van der Waals surface area (Å²) in [7, 11) is 0. The van der Waals surface area contributed by atoms with Crippen molar-refractivity contribution in [2.45, 2.75) is 6.92 Å². The number of nitrogens with zero attached hydrogens (tertiary/aromatic N) is 1. The van der Waals surface area contributed by atoms with E-state index in [4.69, 9.17) is 16.7 Å². The van der Waals surface area contributed by atoms with Crippen LogP contribution in [0.15, 0.2) is 36.4 Å². The van der Waals surface area contributed by atoms with Gasteiger partial charge in [0.25, 0.3) is 5.69 Å². The summed E-state index contributed by atoms with van der Waals surface area (Å²) in [6.07, 6.45) is 0. The number of nitrogens with one attached hydrogen (secondary N) is 3. The van der Waals surface area contributed by atoms with Crippen molar-refractivity contribution in [1.82, 2.24) is 0 Å². The molecule has 2 aromatic carbocycles. The van der Waals surface area contributed by atoms with Gasteiger partial charge >= 0.3 is 0 Å². The molecule has 0 saturated carbocycles. The molecule has 2 rings (SSSR count). The average molecular weight is 379 g/mol. The van der Waals surface area contributed by atoms with Crippen LogP contribution in [0.2, 0.25) is 5.02 Å². The lowest BCUT2D eigenvalue weighted by Gasteiger charge is -2.14. The van der Waals surface area contributed by atoms with Gasteiger partial charge in [0.1, 0.15) is 0 Å². The minimum absolute atomic E-state index is 0.0923. The molecule has 9 heteroatoms. The molecular formula is C17H19ClN4O4. The fourth-order valence-electron chi connectivity index (χ4n) is 2.25. The number of halogens is 1. The van der Waals surface area contributed by atoms with Crippen molar-refractivity contribution in [2.75, 3.05) is 35.6 Å². The van der Waals surface area contributed by atoms with Crippen LogP contribution < -0.4 is 16.0 Å². The summed E-state index contributed by atoms with van der Waals surface area (Å²) in [6.45, 7) is 1.88. The first kappa shape index (κ1) is 19.5. The minimum Gasteiger partial charge on any atom is -0.395 e. The molecule has 0 unspecified atom stereocenters. The maximum Gasteiger partial charge on any atom is 0.271 e. The zero-order valence-electron chi connectivity index (χ0n) is 14.1. The van der Waals surface area contributed by atoms with Crippen molar-refractivity contribution in [3.05, 3.63) is 57.1 Å². The van der Waals surface area contributed by atoms with Gasteiger partial charge in [-0.05, 0) is 30.7 Å². The highest BCUT2D eigenvalue weighted by atomic mass is 35.5. The molecule has 0 aromatic heterocycles. The molecule has 26 heavy (non-hydrogen) atoms. The summed E-state index contributed by atoms with van der Waals surface area (Å²) in [5.41, 5.74) is 2.19. The normalized spacial score (nSPS) is 10.3. The van der Waals surface area contributed by atoms with E-state index in [1.54, 1.807) is 25.1 Å². The monoisotopic (exact) mass is 378 g/mol. The summed E-state index contributed by atoms with van der Waals surface area (Å²) in [5, 5.41) is 29.0. The minimum atomic E-state index is -0.517. The molecule has 138 valence electrons. The number of hydrogen-bond acceptors (Lipinski definition) is 6. The Kier molecular flexibility index (Phi) is 6.76. The Balaban J connectivity index is 2.09. The zero-order chi connectivity index (χ0) is 19.1. The maximum atomic E-state index is 12.2. The van der Waals surface area contributed by atoms with Gasteiger partial charge in [0.15, 0.2) is 0 Å². The van der Waals surface area contributed by atoms with Crippen LogP contribution in [0.5, 0.6) is 0 Å². The third-order valence-corrected chi connectivity index (χ3v) is 4.03. The summed E-state index contributed by atoms with van der Waals surface area (Å²) >= 11 is 6.03. The molecule has 4 N–H and O–H groups in total. The van der Waals surface area contributed by atoms with Crippen molar-refractivity contribution in [3.63, 3.8) is 0 Å². The number of non-ortho nitro benzene ring substituents is 1. The third-order valence-electron chi connectivity index (χ3n) is 3.62. The number of aliphatic hydroxyl groups is 1. The SMILES string of the molecule is Cc1c(Cl)cccc1NC(=O)CNc1cc([N+](=O)[O-])ccc1NCCO. The van der Waals surface area contributed by atoms with Crippen LogP contribution in [-0.4, -0.2) is 35.6 Å². The van der Waals surface area contributed by atoms with Gasteiger partial charge in [-0.15, -0.1) is 0 Å². The van der Waals surface area contributed by atoms with Crippen molar-refractivity contribution in [2.24, 2.45) is 0 Å². The molecule has 0 atom stereocenters. The number of anilines is 3. The molecule has 0 aliphatic heterocycles. The number of rotatable bonds is 8. The van der Waals surface area contributed by atoms with E-state index in [9.17, 15) is 14.9 Å². The molecular weight excluding hydrogens is 360 g/mol. The van der Waals surface area contributed by atoms with Crippen molar-refractivity contribution < 1.29 is 14.8 Å². The highest BCUT2D eigenvalue weighted by Gasteiger charge is 2.12. The molecule has 1 amide bonds. The van der Waals surface area contributed by atoms with Crippen molar-refractivity contribution >= 4 is 40.3 Å². The highest BCUT2D eigenvalue weighted by Crippen LogP contribution is 2.27. The Morgan fingerprint density at radius 1 is 1.19 bits per heavy atom. The Hall–Kier alpha value is -2.84. The number of carbonyl (C=O) groups is 1. The molecule has 0 heterocycles. The molecule has 0 radical (unpaired) electrons. The fourth-order valence-corrected chi connectivity index (χ4v) is 2.42. The lowest BCUT2D eigenvalue weighted by Crippen LogP contribution is -2.23. The van der Waals surface area contributed by atoms with Crippen molar-refractivity contribution in [1.29, 1.82) is 0 Å². The molecule has 0 bridgehead atoms. The second-order valence-electron chi connectivity index (χ2n) is 5.45. The third kappa shape index (κ3) is 5.08. The van der Waals surface area contributed by atoms with Crippen LogP contribution in [0.3, 0.4) is 0 Å². The average Bonchev–Trinajstić information content (AvgIpc) is 2.62. The molecule has 0 spiro atoms. The summed E-state index contributed by atoms with van der Waals surface area (Å²) in [6, 6.07) is 9.40. The van der Waals surface area contributed by atoms with Gasteiger partial charge in [0.2, 0.25) is 5.91 Å². The lowest BCUT2D eigenvalue weighted by atomic mass is 10.2. The summed E-state index contributed by atoms with van der Waals surface area (Å²) < 4.78 is 0. The molecule has 2 aromatic rings. The van der Waals surface area contributed by atoms with Crippen LogP contribution in [0.4, 0.5) is 22.7 Å². The van der Waals surface area contributed by atoms with E-state index in [1.165, 1.54) is 18.2 Å². The van der Waals surface area contributed by atoms with Crippen LogP contribution >= 0.6 is 11.6 Å². The fraction of sp³-hybridized carbons (Fsp3) is 0.235. The van der Waals surface area contributed by atoms with E-state index in [0.717, 1.165) is 5.56 Å². The van der Waals surface area contributed by atoms with Crippen LogP contribution in [-0.2, 0) is 4.79 Å². The van der Waals surface area contributed by atoms with Gasteiger partial charge in [-0.3, -0.25) is 14.9 Å². The van der Waals surface area contributed by atoms with E-state index in [2.05, 4.69) is 16.0 Å². The van der Waals surface area contributed by atoms with Crippen LogP contribution in [0.1, 0.15) is 5.56 Å². The predicted octanol–water partition coefficient (Wildman–Crippen LogP) is 3.01. The van der Waals surface area contributed by atoms with E-state index in [1.807, 2.05) is 0 Å². The number of carbonyl (C=O) groups excluding carboxylic acids is 1. The van der Waals surface area contributed by atoms with Gasteiger partial charge in [0.05, 0.1) is 29.4 Å². The predicted molar refractivity (Wildman–Crippen MR) is 102 cm³/mol. The van der Waals surface area contributed by atoms with E-state index < -0.39 is 4.92 Å². The molecule has 8 nitrogen and oxygen atoms in total. The number of hydrogen-bond donors (Lipinski definition) is 4. The number of amides is 1. The lowest BCUT2D eigenvalue weighted by molar-refractivity contribution is -0.384. The van der Waals surface area contributed by atoms with Gasteiger partial charge < -0.3 is 21.1 Å². The number of nitro benzene ring substituents is 1. The van der Waals surface area contributed by atoms with Gasteiger partial charge in [-0.25, -0.2) is 0 Å². The highest BCUT2D eigenvalue weighted by molar-refractivity contribution is 6.31. The molecule has 0 aliphatic carbocycles. The van der Waals surface area contributed by atoms with E-state index >= 15 is 0 Å². The molecule has 0 aliphatic rings. The van der Waals surface area contributed by atoms with E-state index in [-0.39, 0.29) is 31.3 Å². The first-order valence-electron chi connectivity index (χ1n) is 7.84. The summed E-state index contributed by atoms with van der Waals surface area (Å²) in [4.78, 5) is 22.6. The quantitative estimate of drug-likeness (QED) is 0.414. The maximum absolute atomic E-state index is 12.2. The zero-order valence-corrected chi connectivity index (χ0v) is 14.8. The first-order chi connectivity index (χ1) is 12.4. The summed E-state index contributed by atoms with van der Waals surface area (Å²) in [5.74, 6) is -0.324. The largest absolute Gasteiger partial charge is 0.395 e. The van der Waals surface area contributed by atoms with Gasteiger partial charge in [0, 0.05) is 29.4 Å². The Bertz CT molecular complexity index is 813. The Morgan fingerprint density at radius 3 is 2.65 bits per heavy atom. The standard InChI is InChI=1S/C17H19ClN4O4/c1-11-13(18)3-2-4-14(11)21-17(24)10-20-16-9-12(22(25)26)5-6-15(16)19-7-8-23/h2-6,9,19-20,23H,7-8,10H2,1H3,(H,21,24). The number of aliphatic hydroxyl groups excluding tert-OH is 1. The number of nitro groups is 1. The Labute approximate surface area is 155 Å². The van der Waals surface area contributed by atoms with Crippen LogP contribution in [0, 0.1) is 17.0 Å². The number of benzene rings is 2. The molecule has 0 fully saturated rings. The second kappa shape index (κ2) is 9.02. The first-order valence-corrected chi connectivity index (χ1v) is 8.22.